The molecule has 2 aromatic rings. The average molecular weight is 315 g/mol. The molecule has 0 saturated carbocycles. The monoisotopic (exact) mass is 314 g/mol. The molecule has 1 heterocycles. The first-order valence-electron chi connectivity index (χ1n) is 6.80. The molecule has 5 heteroatoms. The number of rotatable bonds is 2. The van der Waals surface area contributed by atoms with Crippen LogP contribution in [0.2, 0.25) is 5.02 Å². The van der Waals surface area contributed by atoms with Crippen LogP contribution < -0.4 is 0 Å². The fourth-order valence-electron chi connectivity index (χ4n) is 2.76. The molecule has 0 unspecified atom stereocenters. The van der Waals surface area contributed by atoms with Crippen LogP contribution in [0.3, 0.4) is 0 Å². The molecule has 3 nitrogen and oxygen atoms in total. The molecule has 1 atom stereocenters. The molecule has 1 amide bonds. The summed E-state index contributed by atoms with van der Waals surface area (Å²) in [5.41, 5.74) is 1.89. The Morgan fingerprint density at radius 3 is 2.64 bits per heavy atom. The van der Waals surface area contributed by atoms with E-state index in [4.69, 9.17) is 16.9 Å². The van der Waals surface area contributed by atoms with Crippen molar-refractivity contribution in [3.05, 3.63) is 69.5 Å². The fraction of sp³-hybridized carbons (Fsp3) is 0.176. The van der Waals surface area contributed by atoms with Gasteiger partial charge in [-0.1, -0.05) is 23.7 Å². The van der Waals surface area contributed by atoms with Gasteiger partial charge in [-0.25, -0.2) is 4.39 Å². The van der Waals surface area contributed by atoms with Crippen molar-refractivity contribution in [2.75, 3.05) is 0 Å². The molecule has 2 aromatic carbocycles. The summed E-state index contributed by atoms with van der Waals surface area (Å²) in [5.74, 6) is -0.738. The highest BCUT2D eigenvalue weighted by Gasteiger charge is 2.34. The van der Waals surface area contributed by atoms with Crippen molar-refractivity contribution in [1.82, 2.24) is 4.90 Å². The topological polar surface area (TPSA) is 44.1 Å². The second-order valence-electron chi connectivity index (χ2n) is 5.26. The van der Waals surface area contributed by atoms with E-state index >= 15 is 0 Å². The van der Waals surface area contributed by atoms with Crippen molar-refractivity contribution < 1.29 is 9.18 Å². The Labute approximate surface area is 132 Å². The van der Waals surface area contributed by atoms with Gasteiger partial charge in [-0.05, 0) is 42.3 Å². The number of nitriles is 1. The van der Waals surface area contributed by atoms with Gasteiger partial charge in [0.1, 0.15) is 11.9 Å². The van der Waals surface area contributed by atoms with Crippen LogP contribution in [0, 0.1) is 17.1 Å². The third-order valence-corrected chi connectivity index (χ3v) is 4.19. The largest absolute Gasteiger partial charge is 0.327 e. The van der Waals surface area contributed by atoms with Crippen molar-refractivity contribution in [2.45, 2.75) is 19.5 Å². The predicted octanol–water partition coefficient (Wildman–Crippen LogP) is 4.07. The Bertz CT molecular complexity index is 796. The van der Waals surface area contributed by atoms with Crippen LogP contribution in [0.4, 0.5) is 4.39 Å². The molecule has 1 aliphatic rings. The van der Waals surface area contributed by atoms with Gasteiger partial charge < -0.3 is 4.90 Å². The zero-order valence-corrected chi connectivity index (χ0v) is 12.6. The van der Waals surface area contributed by atoms with Crippen LogP contribution in [0.25, 0.3) is 0 Å². The molecule has 0 N–H and O–H groups in total. The Hall–Kier alpha value is -2.38. The first kappa shape index (κ1) is 14.6. The summed E-state index contributed by atoms with van der Waals surface area (Å²) >= 11 is 5.88. The third-order valence-electron chi connectivity index (χ3n) is 3.94. The van der Waals surface area contributed by atoms with E-state index in [0.717, 1.165) is 11.6 Å². The van der Waals surface area contributed by atoms with E-state index in [0.29, 0.717) is 22.7 Å². The van der Waals surface area contributed by atoms with Gasteiger partial charge in [0.15, 0.2) is 0 Å². The molecular formula is C17H12ClFN2O. The zero-order valence-electron chi connectivity index (χ0n) is 11.8. The minimum absolute atomic E-state index is 0.0887. The summed E-state index contributed by atoms with van der Waals surface area (Å²) < 4.78 is 13.5. The van der Waals surface area contributed by atoms with E-state index in [1.54, 1.807) is 17.0 Å². The normalized spacial score (nSPS) is 14.6. The molecule has 0 saturated heterocycles. The summed E-state index contributed by atoms with van der Waals surface area (Å²) in [4.78, 5) is 14.2. The highest BCUT2D eigenvalue weighted by molar-refractivity contribution is 6.30. The Morgan fingerprint density at radius 2 is 2.00 bits per heavy atom. The SMILES string of the molecule is C[C@@H](c1ccc(Cl)cc1)N1Cc2cc(F)cc(C#N)c2C1=O. The molecule has 0 bridgehead atoms. The van der Waals surface area contributed by atoms with Crippen LogP contribution in [-0.4, -0.2) is 10.8 Å². The molecule has 0 aromatic heterocycles. The predicted molar refractivity (Wildman–Crippen MR) is 80.9 cm³/mol. The van der Waals surface area contributed by atoms with Gasteiger partial charge in [0.05, 0.1) is 17.2 Å². The van der Waals surface area contributed by atoms with Gasteiger partial charge in [-0.15, -0.1) is 0 Å². The van der Waals surface area contributed by atoms with Crippen molar-refractivity contribution in [2.24, 2.45) is 0 Å². The molecule has 22 heavy (non-hydrogen) atoms. The number of hydrogen-bond donors (Lipinski definition) is 0. The first-order valence-corrected chi connectivity index (χ1v) is 7.18. The Morgan fingerprint density at radius 1 is 1.32 bits per heavy atom. The number of hydrogen-bond acceptors (Lipinski definition) is 2. The molecule has 0 spiro atoms. The molecule has 1 aliphatic heterocycles. The van der Waals surface area contributed by atoms with E-state index in [1.807, 2.05) is 25.1 Å². The van der Waals surface area contributed by atoms with Crippen molar-refractivity contribution in [3.8, 4) is 6.07 Å². The van der Waals surface area contributed by atoms with Gasteiger partial charge in [-0.3, -0.25) is 4.79 Å². The van der Waals surface area contributed by atoms with E-state index in [-0.39, 0.29) is 17.5 Å². The van der Waals surface area contributed by atoms with Crippen LogP contribution in [0.15, 0.2) is 36.4 Å². The standard InChI is InChI=1S/C17H12ClFN2O/c1-10(11-2-4-14(18)5-3-11)21-9-13-7-15(19)6-12(8-20)16(13)17(21)22/h2-7,10H,9H2,1H3/t10-/m0/s1. The van der Waals surface area contributed by atoms with Crippen molar-refractivity contribution >= 4 is 17.5 Å². The minimum Gasteiger partial charge on any atom is -0.327 e. The lowest BCUT2D eigenvalue weighted by Gasteiger charge is -2.24. The van der Waals surface area contributed by atoms with Crippen LogP contribution in [0.1, 0.15) is 40.0 Å². The van der Waals surface area contributed by atoms with E-state index in [2.05, 4.69) is 0 Å². The summed E-state index contributed by atoms with van der Waals surface area (Å²) in [7, 11) is 0. The smallest absolute Gasteiger partial charge is 0.256 e. The summed E-state index contributed by atoms with van der Waals surface area (Å²) in [6.07, 6.45) is 0. The van der Waals surface area contributed by atoms with Gasteiger partial charge in [0.2, 0.25) is 0 Å². The average Bonchev–Trinajstić information content (AvgIpc) is 2.83. The highest BCUT2D eigenvalue weighted by Crippen LogP contribution is 2.33. The third kappa shape index (κ3) is 2.34. The van der Waals surface area contributed by atoms with Crippen molar-refractivity contribution in [3.63, 3.8) is 0 Å². The highest BCUT2D eigenvalue weighted by atomic mass is 35.5. The zero-order chi connectivity index (χ0) is 15.9. The summed E-state index contributed by atoms with van der Waals surface area (Å²) in [5, 5.41) is 9.74. The lowest BCUT2D eigenvalue weighted by molar-refractivity contribution is 0.0715. The van der Waals surface area contributed by atoms with E-state index < -0.39 is 5.82 Å². The second kappa shape index (κ2) is 5.43. The minimum atomic E-state index is -0.496. The van der Waals surface area contributed by atoms with E-state index in [1.165, 1.54) is 6.07 Å². The van der Waals surface area contributed by atoms with Crippen LogP contribution in [-0.2, 0) is 6.54 Å². The lowest BCUT2D eigenvalue weighted by atomic mass is 10.0. The number of carbonyl (C=O) groups excluding carboxylic acids is 1. The maximum absolute atomic E-state index is 13.5. The number of halogens is 2. The number of carbonyl (C=O) groups is 1. The lowest BCUT2D eigenvalue weighted by Crippen LogP contribution is -2.27. The summed E-state index contributed by atoms with van der Waals surface area (Å²) in [6.45, 7) is 2.19. The molecule has 0 fully saturated rings. The molecular weight excluding hydrogens is 303 g/mol. The van der Waals surface area contributed by atoms with Crippen LogP contribution >= 0.6 is 11.6 Å². The summed E-state index contributed by atoms with van der Waals surface area (Å²) in [6, 6.07) is 11.4. The van der Waals surface area contributed by atoms with Gasteiger partial charge in [-0.2, -0.15) is 5.26 Å². The molecule has 0 aliphatic carbocycles. The first-order chi connectivity index (χ1) is 10.5. The number of amides is 1. The number of nitrogens with zero attached hydrogens (tertiary/aromatic N) is 2. The van der Waals surface area contributed by atoms with Gasteiger partial charge in [0, 0.05) is 11.6 Å². The van der Waals surface area contributed by atoms with Gasteiger partial charge >= 0.3 is 0 Å². The fourth-order valence-corrected chi connectivity index (χ4v) is 2.89. The Balaban J connectivity index is 1.97. The maximum atomic E-state index is 13.5. The van der Waals surface area contributed by atoms with Gasteiger partial charge in [0.25, 0.3) is 5.91 Å². The van der Waals surface area contributed by atoms with E-state index in [9.17, 15) is 9.18 Å². The number of benzene rings is 2. The van der Waals surface area contributed by atoms with Crippen LogP contribution in [0.5, 0.6) is 0 Å². The quantitative estimate of drug-likeness (QED) is 0.838. The second-order valence-corrected chi connectivity index (χ2v) is 5.70. The molecule has 3 rings (SSSR count). The molecule has 110 valence electrons. The Kier molecular flexibility index (Phi) is 3.59. The number of fused-ring (bicyclic) bond motifs is 1. The molecule has 0 radical (unpaired) electrons. The van der Waals surface area contributed by atoms with Crippen molar-refractivity contribution in [1.29, 1.82) is 5.26 Å². The maximum Gasteiger partial charge on any atom is 0.256 e.